The monoisotopic (exact) mass is 126 g/mol. The van der Waals surface area contributed by atoms with E-state index in [4.69, 9.17) is 0 Å². The summed E-state index contributed by atoms with van der Waals surface area (Å²) in [6.07, 6.45) is 1.31. The molecule has 0 aromatic carbocycles. The zero-order chi connectivity index (χ0) is 6.53. The summed E-state index contributed by atoms with van der Waals surface area (Å²) in [6, 6.07) is 0. The molecule has 0 aromatic rings. The summed E-state index contributed by atoms with van der Waals surface area (Å²) in [5, 5.41) is 3.37. The van der Waals surface area contributed by atoms with Crippen molar-refractivity contribution < 1.29 is 0 Å². The van der Waals surface area contributed by atoms with Crippen LogP contribution in [0.15, 0.2) is 0 Å². The topological polar surface area (TPSA) is 15.3 Å². The van der Waals surface area contributed by atoms with Gasteiger partial charge in [0.25, 0.3) is 0 Å². The van der Waals surface area contributed by atoms with E-state index in [0.29, 0.717) is 0 Å². The first-order valence-corrected chi connectivity index (χ1v) is 3.86. The van der Waals surface area contributed by atoms with Gasteiger partial charge in [-0.25, -0.2) is 0 Å². The van der Waals surface area contributed by atoms with Crippen LogP contribution >= 0.6 is 0 Å². The Kier molecular flexibility index (Phi) is 3.08. The van der Waals surface area contributed by atoms with Gasteiger partial charge in [-0.15, -0.1) is 0 Å². The van der Waals surface area contributed by atoms with Crippen LogP contribution in [0.5, 0.6) is 0 Å². The first-order chi connectivity index (χ1) is 4.43. The molecule has 1 rings (SSSR count). The average Bonchev–Trinajstić information content (AvgIpc) is 2.13. The highest BCUT2D eigenvalue weighted by Crippen LogP contribution is 1.92. The van der Waals surface area contributed by atoms with Crippen molar-refractivity contribution in [2.45, 2.75) is 13.2 Å². The molecule has 0 atom stereocenters. The Morgan fingerprint density at radius 3 is 3.22 bits per heavy atom. The normalized spacial score (nSPS) is 22.8. The van der Waals surface area contributed by atoms with Crippen LogP contribution in [0.4, 0.5) is 0 Å². The largest absolute Gasteiger partial charge is 0.358 e. The highest BCUT2D eigenvalue weighted by Gasteiger charge is 2.05. The molecule has 0 spiro atoms. The van der Waals surface area contributed by atoms with E-state index < -0.39 is 0 Å². The maximum Gasteiger partial charge on any atom is 0.202 e. The molecular weight excluding hydrogens is 111 g/mol. The fraction of sp³-hybridized carbons (Fsp3) is 1.00. The van der Waals surface area contributed by atoms with Crippen molar-refractivity contribution >= 4 is 7.41 Å². The van der Waals surface area contributed by atoms with Gasteiger partial charge < -0.3 is 10.1 Å². The zero-order valence-corrected chi connectivity index (χ0v) is 6.19. The van der Waals surface area contributed by atoms with Crippen LogP contribution in [0.2, 0.25) is 6.32 Å². The van der Waals surface area contributed by atoms with Gasteiger partial charge >= 0.3 is 0 Å². The van der Waals surface area contributed by atoms with Gasteiger partial charge in [-0.3, -0.25) is 0 Å². The van der Waals surface area contributed by atoms with Crippen LogP contribution in [0, 0.1) is 0 Å². The minimum Gasteiger partial charge on any atom is -0.358 e. The molecule has 0 saturated carbocycles. The molecule has 3 heteroatoms. The average molecular weight is 126 g/mol. The molecule has 0 bridgehead atoms. The summed E-state index contributed by atoms with van der Waals surface area (Å²) in [4.78, 5) is 2.49. The second kappa shape index (κ2) is 3.91. The van der Waals surface area contributed by atoms with E-state index in [-0.39, 0.29) is 0 Å². The number of nitrogens with zero attached hydrogens (tertiary/aromatic N) is 1. The van der Waals surface area contributed by atoms with Gasteiger partial charge in [-0.1, -0.05) is 6.92 Å². The maximum absolute atomic E-state index is 3.37. The van der Waals surface area contributed by atoms with Gasteiger partial charge in [-0.2, -0.15) is 0 Å². The molecule has 0 radical (unpaired) electrons. The third kappa shape index (κ3) is 2.37. The molecule has 0 aliphatic carbocycles. The van der Waals surface area contributed by atoms with E-state index in [1.807, 2.05) is 0 Å². The molecule has 0 amide bonds. The summed E-state index contributed by atoms with van der Waals surface area (Å²) in [6.45, 7) is 7.13. The third-order valence-corrected chi connectivity index (χ3v) is 1.88. The van der Waals surface area contributed by atoms with Crippen LogP contribution in [0.1, 0.15) is 6.92 Å². The minimum atomic E-state index is 1.17. The molecule has 2 nitrogen and oxygen atoms in total. The number of rotatable bonds is 1. The molecule has 1 aliphatic heterocycles. The molecule has 1 saturated heterocycles. The van der Waals surface area contributed by atoms with Crippen LogP contribution in [0.25, 0.3) is 0 Å². The van der Waals surface area contributed by atoms with Crippen molar-refractivity contribution in [3.63, 3.8) is 0 Å². The first-order valence-electron chi connectivity index (χ1n) is 3.86. The summed E-state index contributed by atoms with van der Waals surface area (Å²) < 4.78 is 0. The summed E-state index contributed by atoms with van der Waals surface area (Å²) in [7, 11) is 1.20. The van der Waals surface area contributed by atoms with E-state index in [0.717, 1.165) is 0 Å². The number of hydrogen-bond donors (Lipinski definition) is 1. The lowest BCUT2D eigenvalue weighted by molar-refractivity contribution is 0.316. The standard InChI is InChI=1S/C6H15BN2/c1-2-9-5-3-7-8-4-6-9/h7-8H,2-6H2,1H3. The molecule has 1 aliphatic rings. The predicted octanol–water partition coefficient (Wildman–Crippen LogP) is -0.319. The van der Waals surface area contributed by atoms with Crippen LogP contribution in [0.3, 0.4) is 0 Å². The van der Waals surface area contributed by atoms with Gasteiger partial charge in [0.05, 0.1) is 0 Å². The lowest BCUT2D eigenvalue weighted by Crippen LogP contribution is -2.27. The lowest BCUT2D eigenvalue weighted by atomic mass is 9.90. The Hall–Kier alpha value is -0.0151. The van der Waals surface area contributed by atoms with Crippen LogP contribution < -0.4 is 5.23 Å². The van der Waals surface area contributed by atoms with Crippen molar-refractivity contribution in [2.75, 3.05) is 26.2 Å². The quantitative estimate of drug-likeness (QED) is 0.484. The maximum atomic E-state index is 3.37. The number of hydrogen-bond acceptors (Lipinski definition) is 2. The molecule has 9 heavy (non-hydrogen) atoms. The van der Waals surface area contributed by atoms with E-state index in [1.54, 1.807) is 0 Å². The highest BCUT2D eigenvalue weighted by atomic mass is 15.1. The molecule has 0 unspecified atom stereocenters. The second-order valence-electron chi connectivity index (χ2n) is 2.54. The van der Waals surface area contributed by atoms with Gasteiger partial charge in [0.1, 0.15) is 0 Å². The van der Waals surface area contributed by atoms with Crippen molar-refractivity contribution in [2.24, 2.45) is 0 Å². The van der Waals surface area contributed by atoms with E-state index >= 15 is 0 Å². The lowest BCUT2D eigenvalue weighted by Gasteiger charge is -2.15. The molecule has 52 valence electrons. The van der Waals surface area contributed by atoms with Gasteiger partial charge in [0.15, 0.2) is 0 Å². The molecule has 1 heterocycles. The first kappa shape index (κ1) is 7.10. The Labute approximate surface area is 57.9 Å². The van der Waals surface area contributed by atoms with Crippen LogP contribution in [-0.4, -0.2) is 38.5 Å². The van der Waals surface area contributed by atoms with Gasteiger partial charge in [0.2, 0.25) is 7.41 Å². The van der Waals surface area contributed by atoms with E-state index in [1.165, 1.54) is 39.9 Å². The van der Waals surface area contributed by atoms with E-state index in [9.17, 15) is 0 Å². The zero-order valence-electron chi connectivity index (χ0n) is 6.19. The van der Waals surface area contributed by atoms with Crippen molar-refractivity contribution in [3.8, 4) is 0 Å². The predicted molar refractivity (Wildman–Crippen MR) is 42.1 cm³/mol. The SMILES string of the molecule is CCN1CCBNCC1. The number of nitrogens with one attached hydrogen (secondary N) is 1. The van der Waals surface area contributed by atoms with Crippen molar-refractivity contribution in [3.05, 3.63) is 0 Å². The highest BCUT2D eigenvalue weighted by molar-refractivity contribution is 6.32. The molecule has 1 N–H and O–H groups in total. The Morgan fingerprint density at radius 1 is 1.56 bits per heavy atom. The minimum absolute atomic E-state index is 1.17. The summed E-state index contributed by atoms with van der Waals surface area (Å²) in [5.41, 5.74) is 0. The van der Waals surface area contributed by atoms with Gasteiger partial charge in [0, 0.05) is 6.54 Å². The third-order valence-electron chi connectivity index (χ3n) is 1.88. The Bertz CT molecular complexity index is 69.5. The number of likely N-dealkylation sites (N-methyl/N-ethyl adjacent to an activating group) is 1. The molecule has 0 aromatic heterocycles. The Balaban J connectivity index is 2.18. The fourth-order valence-electron chi connectivity index (χ4n) is 1.22. The molecular formula is C6H15BN2. The van der Waals surface area contributed by atoms with Crippen molar-refractivity contribution in [1.29, 1.82) is 0 Å². The van der Waals surface area contributed by atoms with Crippen LogP contribution in [-0.2, 0) is 0 Å². The van der Waals surface area contributed by atoms with Gasteiger partial charge in [-0.05, 0) is 26.0 Å². The Morgan fingerprint density at radius 2 is 2.44 bits per heavy atom. The molecule has 1 fully saturated rings. The fourth-order valence-corrected chi connectivity index (χ4v) is 1.22. The van der Waals surface area contributed by atoms with Crippen molar-refractivity contribution in [1.82, 2.24) is 10.1 Å². The smallest absolute Gasteiger partial charge is 0.202 e. The van der Waals surface area contributed by atoms with E-state index in [2.05, 4.69) is 17.1 Å². The summed E-state index contributed by atoms with van der Waals surface area (Å²) >= 11 is 0. The summed E-state index contributed by atoms with van der Waals surface area (Å²) in [5.74, 6) is 0. The second-order valence-corrected chi connectivity index (χ2v) is 2.54.